The lowest BCUT2D eigenvalue weighted by Crippen LogP contribution is -2.56. The first-order valence-corrected chi connectivity index (χ1v) is 8.69. The largest absolute Gasteiger partial charge is 0.369 e. The number of carbonyl (C=O) groups is 2. The minimum Gasteiger partial charge on any atom is -0.369 e. The summed E-state index contributed by atoms with van der Waals surface area (Å²) in [6.07, 6.45) is 2.43. The number of hydrogen-bond acceptors (Lipinski definition) is 5. The van der Waals surface area contributed by atoms with Gasteiger partial charge in [0.1, 0.15) is 12.6 Å². The van der Waals surface area contributed by atoms with Gasteiger partial charge >= 0.3 is 0 Å². The van der Waals surface area contributed by atoms with Crippen LogP contribution in [0.3, 0.4) is 0 Å². The van der Waals surface area contributed by atoms with Crippen LogP contribution >= 0.6 is 11.3 Å². The molecule has 0 spiro atoms. The van der Waals surface area contributed by atoms with Crippen molar-refractivity contribution in [3.8, 4) is 0 Å². The van der Waals surface area contributed by atoms with E-state index in [1.165, 1.54) is 0 Å². The maximum Gasteiger partial charge on any atom is 0.249 e. The number of hydrogen-bond donors (Lipinski definition) is 1. The molecule has 7 heteroatoms. The number of benzene rings is 1. The van der Waals surface area contributed by atoms with Gasteiger partial charge in [-0.25, -0.2) is 4.98 Å². The van der Waals surface area contributed by atoms with Gasteiger partial charge in [-0.1, -0.05) is 30.3 Å². The molecule has 1 aromatic heterocycles. The van der Waals surface area contributed by atoms with Gasteiger partial charge in [-0.05, 0) is 5.56 Å². The Labute approximate surface area is 144 Å². The van der Waals surface area contributed by atoms with Crippen LogP contribution in [-0.4, -0.2) is 47.5 Å². The van der Waals surface area contributed by atoms with Crippen molar-refractivity contribution >= 4 is 23.2 Å². The summed E-state index contributed by atoms with van der Waals surface area (Å²) in [7, 11) is 0. The molecule has 2 aromatic rings. The van der Waals surface area contributed by atoms with Crippen LogP contribution in [0.15, 0.2) is 41.9 Å². The lowest BCUT2D eigenvalue weighted by atomic mass is 10.1. The van der Waals surface area contributed by atoms with Crippen LogP contribution in [0.2, 0.25) is 0 Å². The molecule has 2 amide bonds. The average Bonchev–Trinajstić information content (AvgIpc) is 3.11. The molecule has 1 N–H and O–H groups in total. The number of carbonyl (C=O) groups excluding carboxylic acids is 2. The third-order valence-electron chi connectivity index (χ3n) is 3.82. The fraction of sp³-hybridized carbons (Fsp3) is 0.353. The van der Waals surface area contributed by atoms with E-state index in [0.29, 0.717) is 19.5 Å². The Hall–Kier alpha value is -2.25. The zero-order valence-electron chi connectivity index (χ0n) is 13.2. The van der Waals surface area contributed by atoms with Crippen molar-refractivity contribution in [2.24, 2.45) is 0 Å². The fourth-order valence-electron chi connectivity index (χ4n) is 2.59. The van der Waals surface area contributed by atoms with Crippen molar-refractivity contribution in [3.63, 3.8) is 0 Å². The maximum atomic E-state index is 12.5. The van der Waals surface area contributed by atoms with E-state index in [0.717, 1.165) is 10.6 Å². The SMILES string of the molecule is O=C(NCCc1nccs1)C1COCC(=O)N1Cc1ccccc1. The normalized spacial score (nSPS) is 17.8. The highest BCUT2D eigenvalue weighted by atomic mass is 32.1. The molecule has 3 rings (SSSR count). The molecule has 0 saturated carbocycles. The summed E-state index contributed by atoms with van der Waals surface area (Å²) < 4.78 is 5.27. The van der Waals surface area contributed by atoms with Crippen LogP contribution in [0, 0.1) is 0 Å². The van der Waals surface area contributed by atoms with Crippen molar-refractivity contribution in [2.45, 2.75) is 19.0 Å². The first-order chi connectivity index (χ1) is 11.7. The topological polar surface area (TPSA) is 71.5 Å². The quantitative estimate of drug-likeness (QED) is 0.855. The van der Waals surface area contributed by atoms with Crippen molar-refractivity contribution in [3.05, 3.63) is 52.5 Å². The van der Waals surface area contributed by atoms with Crippen LogP contribution < -0.4 is 5.32 Å². The second-order valence-electron chi connectivity index (χ2n) is 5.51. The van der Waals surface area contributed by atoms with Gasteiger partial charge in [-0.3, -0.25) is 9.59 Å². The highest BCUT2D eigenvalue weighted by Gasteiger charge is 2.33. The minimum atomic E-state index is -0.595. The zero-order valence-corrected chi connectivity index (χ0v) is 14.0. The van der Waals surface area contributed by atoms with Crippen LogP contribution in [0.1, 0.15) is 10.6 Å². The Bertz CT molecular complexity index is 676. The minimum absolute atomic E-state index is 0.0235. The Balaban J connectivity index is 1.60. The molecule has 1 saturated heterocycles. The van der Waals surface area contributed by atoms with E-state index >= 15 is 0 Å². The number of amides is 2. The number of nitrogens with zero attached hydrogens (tertiary/aromatic N) is 2. The molecule has 24 heavy (non-hydrogen) atoms. The summed E-state index contributed by atoms with van der Waals surface area (Å²) in [6, 6.07) is 9.06. The number of aromatic nitrogens is 1. The number of morpholine rings is 1. The average molecular weight is 345 g/mol. The fourth-order valence-corrected chi connectivity index (χ4v) is 3.21. The second-order valence-corrected chi connectivity index (χ2v) is 6.48. The van der Waals surface area contributed by atoms with Gasteiger partial charge in [-0.15, -0.1) is 11.3 Å². The maximum absolute atomic E-state index is 12.5. The highest BCUT2D eigenvalue weighted by molar-refractivity contribution is 7.09. The Morgan fingerprint density at radius 2 is 2.21 bits per heavy atom. The lowest BCUT2D eigenvalue weighted by Gasteiger charge is -2.34. The Morgan fingerprint density at radius 1 is 1.38 bits per heavy atom. The smallest absolute Gasteiger partial charge is 0.249 e. The van der Waals surface area contributed by atoms with Gasteiger partial charge in [0.15, 0.2) is 0 Å². The third kappa shape index (κ3) is 4.18. The predicted molar refractivity (Wildman–Crippen MR) is 90.4 cm³/mol. The first-order valence-electron chi connectivity index (χ1n) is 7.81. The van der Waals surface area contributed by atoms with E-state index < -0.39 is 6.04 Å². The Kier molecular flexibility index (Phi) is 5.55. The van der Waals surface area contributed by atoms with E-state index in [1.807, 2.05) is 35.7 Å². The summed E-state index contributed by atoms with van der Waals surface area (Å²) in [5, 5.41) is 5.77. The van der Waals surface area contributed by atoms with E-state index in [4.69, 9.17) is 4.74 Å². The van der Waals surface area contributed by atoms with E-state index in [2.05, 4.69) is 10.3 Å². The van der Waals surface area contributed by atoms with Gasteiger partial charge in [0.25, 0.3) is 0 Å². The highest BCUT2D eigenvalue weighted by Crippen LogP contribution is 2.14. The van der Waals surface area contributed by atoms with Crippen molar-refractivity contribution in [1.29, 1.82) is 0 Å². The third-order valence-corrected chi connectivity index (χ3v) is 4.66. The molecular formula is C17H19N3O3S. The monoisotopic (exact) mass is 345 g/mol. The number of thiazole rings is 1. The zero-order chi connectivity index (χ0) is 16.8. The predicted octanol–water partition coefficient (Wildman–Crippen LogP) is 1.23. The van der Waals surface area contributed by atoms with E-state index in [9.17, 15) is 9.59 Å². The van der Waals surface area contributed by atoms with Crippen LogP contribution in [0.25, 0.3) is 0 Å². The molecule has 6 nitrogen and oxygen atoms in total. The molecule has 1 atom stereocenters. The summed E-state index contributed by atoms with van der Waals surface area (Å²) in [6.45, 7) is 1.15. The number of ether oxygens (including phenoxy) is 1. The first kappa shape index (κ1) is 16.6. The Morgan fingerprint density at radius 3 is 2.96 bits per heavy atom. The summed E-state index contributed by atoms with van der Waals surface area (Å²) in [5.41, 5.74) is 0.994. The molecule has 1 fully saturated rings. The standard InChI is InChI=1S/C17H19N3O3S/c21-16-12-23-11-14(20(16)10-13-4-2-1-3-5-13)17(22)19-7-6-15-18-8-9-24-15/h1-5,8-9,14H,6-7,10-12H2,(H,19,22). The van der Waals surface area contributed by atoms with Crippen LogP contribution in [0.4, 0.5) is 0 Å². The van der Waals surface area contributed by atoms with Crippen LogP contribution in [0.5, 0.6) is 0 Å². The molecule has 1 aromatic carbocycles. The van der Waals surface area contributed by atoms with Gasteiger partial charge in [0.2, 0.25) is 11.8 Å². The van der Waals surface area contributed by atoms with Crippen LogP contribution in [-0.2, 0) is 27.3 Å². The second kappa shape index (κ2) is 8.03. The lowest BCUT2D eigenvalue weighted by molar-refractivity contribution is -0.155. The summed E-state index contributed by atoms with van der Waals surface area (Å²) in [5.74, 6) is -0.347. The summed E-state index contributed by atoms with van der Waals surface area (Å²) in [4.78, 5) is 30.4. The molecule has 0 radical (unpaired) electrons. The molecule has 0 bridgehead atoms. The molecule has 126 valence electrons. The molecule has 2 heterocycles. The number of rotatable bonds is 6. The van der Waals surface area contributed by atoms with E-state index in [1.54, 1.807) is 22.4 Å². The van der Waals surface area contributed by atoms with Crippen molar-refractivity contribution in [1.82, 2.24) is 15.2 Å². The molecule has 1 aliphatic rings. The van der Waals surface area contributed by atoms with Gasteiger partial charge < -0.3 is 15.0 Å². The number of nitrogens with one attached hydrogen (secondary N) is 1. The van der Waals surface area contributed by atoms with Crippen molar-refractivity contribution < 1.29 is 14.3 Å². The molecule has 0 aliphatic carbocycles. The van der Waals surface area contributed by atoms with Crippen molar-refractivity contribution in [2.75, 3.05) is 19.8 Å². The molecular weight excluding hydrogens is 326 g/mol. The van der Waals surface area contributed by atoms with Gasteiger partial charge in [-0.2, -0.15) is 0 Å². The molecule has 1 aliphatic heterocycles. The molecule has 1 unspecified atom stereocenters. The van der Waals surface area contributed by atoms with Gasteiger partial charge in [0.05, 0.1) is 11.6 Å². The summed E-state index contributed by atoms with van der Waals surface area (Å²) >= 11 is 1.56. The van der Waals surface area contributed by atoms with E-state index in [-0.39, 0.29) is 25.0 Å². The van der Waals surface area contributed by atoms with Gasteiger partial charge in [0, 0.05) is 31.1 Å².